The van der Waals surface area contributed by atoms with Gasteiger partial charge in [0.15, 0.2) is 0 Å². The molecule has 0 bridgehead atoms. The van der Waals surface area contributed by atoms with Crippen LogP contribution in [-0.4, -0.2) is 0 Å². The molecule has 1 heterocycles. The van der Waals surface area contributed by atoms with Crippen molar-refractivity contribution in [3.63, 3.8) is 0 Å². The van der Waals surface area contributed by atoms with Crippen LogP contribution in [0.25, 0.3) is 0 Å². The first-order valence-electron chi connectivity index (χ1n) is 3.57. The van der Waals surface area contributed by atoms with E-state index in [0.29, 0.717) is 6.61 Å². The minimum absolute atomic E-state index is 0.448. The van der Waals surface area contributed by atoms with E-state index in [-0.39, 0.29) is 0 Å². The molecule has 1 aliphatic heterocycles. The molecule has 9 heavy (non-hydrogen) atoms. The second-order valence-corrected chi connectivity index (χ2v) is 2.13. The third-order valence-electron chi connectivity index (χ3n) is 1.50. The van der Waals surface area contributed by atoms with Crippen LogP contribution in [0.15, 0.2) is 24.3 Å². The van der Waals surface area contributed by atoms with Crippen molar-refractivity contribution in [2.75, 3.05) is 0 Å². The van der Waals surface area contributed by atoms with E-state index in [1.165, 1.54) is 0 Å². The van der Waals surface area contributed by atoms with Crippen molar-refractivity contribution in [2.45, 2.75) is 13.2 Å². The molecule has 0 N–H and O–H groups in total. The molecule has 0 radical (unpaired) electrons. The summed E-state index contributed by atoms with van der Waals surface area (Å²) < 4.78 is 12.5. The van der Waals surface area contributed by atoms with Crippen molar-refractivity contribution in [3.8, 4) is 0 Å². The van der Waals surface area contributed by atoms with Gasteiger partial charge in [-0.2, -0.15) is 0 Å². The van der Waals surface area contributed by atoms with Crippen LogP contribution >= 0.6 is 0 Å². The molecule has 0 aliphatic carbocycles. The molecule has 1 atom stereocenters. The minimum atomic E-state index is -0.448. The zero-order chi connectivity index (χ0) is 6.97. The maximum Gasteiger partial charge on any atom is 0.0724 e. The summed E-state index contributed by atoms with van der Waals surface area (Å²) in [5, 5.41) is 0. The average molecular weight is 121 g/mol. The second-order valence-electron chi connectivity index (χ2n) is 2.13. The summed E-state index contributed by atoms with van der Waals surface area (Å²) in [4.78, 5) is 0. The van der Waals surface area contributed by atoms with Crippen molar-refractivity contribution in [1.29, 1.82) is 0 Å². The summed E-state index contributed by atoms with van der Waals surface area (Å²) in [6, 6.07) is 7.86. The van der Waals surface area contributed by atoms with E-state index in [1.54, 1.807) is 0 Å². The van der Waals surface area contributed by atoms with Crippen molar-refractivity contribution in [3.05, 3.63) is 35.4 Å². The van der Waals surface area contributed by atoms with Gasteiger partial charge in [-0.05, 0) is 11.1 Å². The van der Waals surface area contributed by atoms with Crippen LogP contribution in [0.1, 0.15) is 12.5 Å². The van der Waals surface area contributed by atoms with Crippen molar-refractivity contribution < 1.29 is 6.11 Å². The average Bonchev–Trinajstić information content (AvgIpc) is 2.34. The van der Waals surface area contributed by atoms with Gasteiger partial charge in [0.25, 0.3) is 0 Å². The zero-order valence-electron chi connectivity index (χ0n) is 6.00. The molecule has 1 heteroatoms. The maximum absolute atomic E-state index is 7.39. The van der Waals surface area contributed by atoms with Gasteiger partial charge in [0.1, 0.15) is 0 Å². The third-order valence-corrected chi connectivity index (χ3v) is 1.50. The molecule has 46 valence electrons. The Labute approximate surface area is 55.7 Å². The van der Waals surface area contributed by atoms with Crippen molar-refractivity contribution >= 4 is 0 Å². The van der Waals surface area contributed by atoms with Crippen LogP contribution < -0.4 is 0 Å². The molecular weight excluding hydrogens is 112 g/mol. The van der Waals surface area contributed by atoms with E-state index in [4.69, 9.17) is 6.11 Å². The lowest BCUT2D eigenvalue weighted by molar-refractivity contribution is 0.134. The highest BCUT2D eigenvalue weighted by atomic mass is 16.5. The van der Waals surface area contributed by atoms with E-state index < -0.39 is 6.58 Å². The molecule has 0 fully saturated rings. The first kappa shape index (κ1) is 4.07. The fourth-order valence-corrected chi connectivity index (χ4v) is 1.00. The van der Waals surface area contributed by atoms with Gasteiger partial charge in [-0.25, -0.2) is 0 Å². The minimum Gasteiger partial charge on any atom is -0.372 e. The normalized spacial score (nSPS) is 25.3. The molecule has 1 unspecified atom stereocenters. The van der Waals surface area contributed by atoms with Crippen LogP contribution in [0.5, 0.6) is 0 Å². The Morgan fingerprint density at radius 1 is 1.33 bits per heavy atom. The van der Waals surface area contributed by atoms with Crippen LogP contribution in [0.3, 0.4) is 0 Å². The molecule has 0 spiro atoms. The molecule has 1 aromatic rings. The van der Waals surface area contributed by atoms with Gasteiger partial charge in [0.05, 0.1) is 14.6 Å². The Kier molecular flexibility index (Phi) is 0.836. The van der Waals surface area contributed by atoms with Crippen LogP contribution in [0.2, 0.25) is 0 Å². The van der Waals surface area contributed by atoms with E-state index in [0.717, 1.165) is 11.1 Å². The van der Waals surface area contributed by atoms with Gasteiger partial charge in [-0.15, -0.1) is 0 Å². The van der Waals surface area contributed by atoms with E-state index in [2.05, 4.69) is 0 Å². The highest BCUT2D eigenvalue weighted by molar-refractivity contribution is 5.27. The summed E-state index contributed by atoms with van der Waals surface area (Å²) in [5.74, 6) is 0. The Balaban J connectivity index is 2.51. The van der Waals surface area contributed by atoms with Gasteiger partial charge < -0.3 is 4.74 Å². The summed E-state index contributed by atoms with van der Waals surface area (Å²) in [7, 11) is 0. The number of hydrogen-bond acceptors (Lipinski definition) is 1. The summed E-state index contributed by atoms with van der Waals surface area (Å²) in [6.45, 7) is 0.154. The number of hydrogen-bond donors (Lipinski definition) is 0. The fraction of sp³-hybridized carbons (Fsp3) is 0.250. The largest absolute Gasteiger partial charge is 0.372 e. The highest BCUT2D eigenvalue weighted by Crippen LogP contribution is 2.17. The quantitative estimate of drug-likeness (QED) is 0.507. The molecule has 0 saturated heterocycles. The molecule has 0 amide bonds. The van der Waals surface area contributed by atoms with Gasteiger partial charge in [-0.1, -0.05) is 24.3 Å². The van der Waals surface area contributed by atoms with Crippen LogP contribution in [0, 0.1) is 0 Å². The monoisotopic (exact) mass is 121 g/mol. The Hall–Kier alpha value is -0.820. The van der Waals surface area contributed by atoms with E-state index in [9.17, 15) is 0 Å². The van der Waals surface area contributed by atoms with Gasteiger partial charge in [-0.3, -0.25) is 0 Å². The summed E-state index contributed by atoms with van der Waals surface area (Å²) in [5.41, 5.74) is 2.17. The number of rotatable bonds is 0. The van der Waals surface area contributed by atoms with E-state index >= 15 is 0 Å². The lowest BCUT2D eigenvalue weighted by Gasteiger charge is -1.90. The molecule has 2 rings (SSSR count). The lowest BCUT2D eigenvalue weighted by Crippen LogP contribution is -1.77. The first-order valence-corrected chi connectivity index (χ1v) is 2.99. The van der Waals surface area contributed by atoms with E-state index in [1.807, 2.05) is 24.3 Å². The second kappa shape index (κ2) is 1.85. The van der Waals surface area contributed by atoms with Gasteiger partial charge >= 0.3 is 0 Å². The molecule has 1 aromatic carbocycles. The zero-order valence-corrected chi connectivity index (χ0v) is 5.00. The van der Waals surface area contributed by atoms with Crippen LogP contribution in [-0.2, 0) is 17.9 Å². The van der Waals surface area contributed by atoms with Crippen LogP contribution in [0.4, 0.5) is 0 Å². The smallest absolute Gasteiger partial charge is 0.0724 e. The highest BCUT2D eigenvalue weighted by Gasteiger charge is 2.07. The molecule has 0 saturated carbocycles. The van der Waals surface area contributed by atoms with Gasteiger partial charge in [0.2, 0.25) is 0 Å². The molecular formula is C8H8O. The van der Waals surface area contributed by atoms with Crippen molar-refractivity contribution in [1.82, 2.24) is 0 Å². The number of ether oxygens (including phenoxy) is 1. The van der Waals surface area contributed by atoms with Crippen molar-refractivity contribution in [2.24, 2.45) is 0 Å². The molecule has 1 aliphatic rings. The predicted octanol–water partition coefficient (Wildman–Crippen LogP) is 1.72. The number of fused-ring (bicyclic) bond motifs is 1. The first-order chi connectivity index (χ1) is 4.88. The molecule has 0 aromatic heterocycles. The SMILES string of the molecule is [2H]C1OCc2ccccc21. The third kappa shape index (κ3) is 0.736. The summed E-state index contributed by atoms with van der Waals surface area (Å²) >= 11 is 0. The fourth-order valence-electron chi connectivity index (χ4n) is 1.00. The maximum atomic E-state index is 7.39. The molecule has 1 nitrogen and oxygen atoms in total. The Bertz CT molecular complexity index is 247. The Morgan fingerprint density at radius 3 is 2.89 bits per heavy atom. The lowest BCUT2D eigenvalue weighted by atomic mass is 10.1. The van der Waals surface area contributed by atoms with Gasteiger partial charge in [0, 0.05) is 0 Å². The number of benzene rings is 1. The standard InChI is InChI=1S/C8H8O/c1-2-4-8-6-9-5-7(8)3-1/h1-4H,5-6H2/i5D. The Morgan fingerprint density at radius 2 is 2.11 bits per heavy atom. The topological polar surface area (TPSA) is 9.23 Å². The summed E-state index contributed by atoms with van der Waals surface area (Å²) in [6.07, 6.45) is 0. The predicted molar refractivity (Wildman–Crippen MR) is 34.9 cm³/mol.